The van der Waals surface area contributed by atoms with E-state index in [1.54, 1.807) is 0 Å². The van der Waals surface area contributed by atoms with Crippen LogP contribution in [0.5, 0.6) is 0 Å². The number of fused-ring (bicyclic) bond motifs is 1. The molecule has 0 saturated carbocycles. The summed E-state index contributed by atoms with van der Waals surface area (Å²) in [6.45, 7) is 1.46. The van der Waals surface area contributed by atoms with E-state index in [1.165, 1.54) is 14.0 Å². The molecule has 0 N–H and O–H groups in total. The van der Waals surface area contributed by atoms with E-state index in [4.69, 9.17) is 0 Å². The number of aromatic nitrogens is 5. The topological polar surface area (TPSA) is 91.9 Å². The molecule has 8 nitrogen and oxygen atoms in total. The van der Waals surface area contributed by atoms with Gasteiger partial charge in [-0.2, -0.15) is 4.68 Å². The minimum absolute atomic E-state index is 0.0150. The molecular weight excluding hydrogens is 324 g/mol. The molecule has 0 unspecified atom stereocenters. The van der Waals surface area contributed by atoms with Crippen LogP contribution in [0, 0.1) is 11.6 Å². The highest BCUT2D eigenvalue weighted by molar-refractivity contribution is 5.75. The molecule has 0 aliphatic rings. The standard InChI is InChI=1S/C14H11F2N5O3/c1-7(14(23)24-2)20-6-17-12-11(13(20)22)18-19-21(12)10-4-3-8(15)5-9(10)16/h3-7H,1-2H3/t7-/m0/s1. The van der Waals surface area contributed by atoms with Gasteiger partial charge in [0, 0.05) is 6.07 Å². The molecule has 24 heavy (non-hydrogen) atoms. The van der Waals surface area contributed by atoms with Gasteiger partial charge in [-0.05, 0) is 19.1 Å². The third-order valence-electron chi connectivity index (χ3n) is 3.49. The number of methoxy groups -OCH3 is 1. The number of rotatable bonds is 3. The van der Waals surface area contributed by atoms with Crippen molar-refractivity contribution in [2.75, 3.05) is 7.11 Å². The Morgan fingerprint density at radius 2 is 2.08 bits per heavy atom. The number of benzene rings is 1. The zero-order valence-corrected chi connectivity index (χ0v) is 12.6. The van der Waals surface area contributed by atoms with E-state index in [0.717, 1.165) is 27.7 Å². The maximum atomic E-state index is 13.9. The van der Waals surface area contributed by atoms with E-state index in [9.17, 15) is 18.4 Å². The van der Waals surface area contributed by atoms with Gasteiger partial charge in [-0.3, -0.25) is 9.36 Å². The summed E-state index contributed by atoms with van der Waals surface area (Å²) in [6.07, 6.45) is 1.12. The lowest BCUT2D eigenvalue weighted by Crippen LogP contribution is -2.29. The summed E-state index contributed by atoms with van der Waals surface area (Å²) in [5.41, 5.74) is -0.910. The van der Waals surface area contributed by atoms with Crippen LogP contribution in [0.4, 0.5) is 8.78 Å². The Kier molecular flexibility index (Phi) is 3.80. The van der Waals surface area contributed by atoms with Crippen LogP contribution in [0.15, 0.2) is 29.3 Å². The summed E-state index contributed by atoms with van der Waals surface area (Å²) in [6, 6.07) is 1.98. The van der Waals surface area contributed by atoms with Crippen molar-refractivity contribution in [2.24, 2.45) is 0 Å². The van der Waals surface area contributed by atoms with Crippen LogP contribution in [0.25, 0.3) is 16.9 Å². The molecule has 0 bridgehead atoms. The second-order valence-electron chi connectivity index (χ2n) is 4.93. The fourth-order valence-electron chi connectivity index (χ4n) is 2.20. The molecule has 3 rings (SSSR count). The first kappa shape index (κ1) is 15.7. The zero-order valence-electron chi connectivity index (χ0n) is 12.6. The van der Waals surface area contributed by atoms with Gasteiger partial charge >= 0.3 is 5.97 Å². The molecule has 2 aromatic heterocycles. The van der Waals surface area contributed by atoms with Gasteiger partial charge < -0.3 is 4.74 Å². The van der Waals surface area contributed by atoms with Gasteiger partial charge in [0.2, 0.25) is 0 Å². The third kappa shape index (κ3) is 2.41. The summed E-state index contributed by atoms with van der Waals surface area (Å²) >= 11 is 0. The van der Waals surface area contributed by atoms with Crippen LogP contribution in [-0.2, 0) is 9.53 Å². The highest BCUT2D eigenvalue weighted by Gasteiger charge is 2.21. The Morgan fingerprint density at radius 3 is 2.75 bits per heavy atom. The second kappa shape index (κ2) is 5.80. The van der Waals surface area contributed by atoms with E-state index in [-0.39, 0.29) is 16.9 Å². The van der Waals surface area contributed by atoms with Crippen LogP contribution in [0.1, 0.15) is 13.0 Å². The van der Waals surface area contributed by atoms with E-state index < -0.39 is 29.2 Å². The molecule has 2 heterocycles. The summed E-state index contributed by atoms with van der Waals surface area (Å²) in [4.78, 5) is 28.0. The van der Waals surface area contributed by atoms with E-state index in [1.807, 2.05) is 0 Å². The van der Waals surface area contributed by atoms with Crippen LogP contribution < -0.4 is 5.56 Å². The first-order chi connectivity index (χ1) is 11.4. The lowest BCUT2D eigenvalue weighted by atomic mass is 10.3. The maximum absolute atomic E-state index is 13.9. The number of nitrogens with zero attached hydrogens (tertiary/aromatic N) is 5. The Hall–Kier alpha value is -3.17. The largest absolute Gasteiger partial charge is 0.467 e. The first-order valence-electron chi connectivity index (χ1n) is 6.80. The molecule has 0 radical (unpaired) electrons. The lowest BCUT2D eigenvalue weighted by molar-refractivity contribution is -0.144. The van der Waals surface area contributed by atoms with Crippen molar-refractivity contribution in [2.45, 2.75) is 13.0 Å². The number of esters is 1. The minimum Gasteiger partial charge on any atom is -0.467 e. The van der Waals surface area contributed by atoms with Crippen molar-refractivity contribution in [3.8, 4) is 5.69 Å². The highest BCUT2D eigenvalue weighted by Crippen LogP contribution is 2.17. The molecular formula is C14H11F2N5O3. The fraction of sp³-hybridized carbons (Fsp3) is 0.214. The molecule has 0 aliphatic carbocycles. The quantitative estimate of drug-likeness (QED) is 0.663. The van der Waals surface area contributed by atoms with Gasteiger partial charge in [0.25, 0.3) is 5.56 Å². The molecule has 10 heteroatoms. The van der Waals surface area contributed by atoms with Crippen molar-refractivity contribution in [3.63, 3.8) is 0 Å². The van der Waals surface area contributed by atoms with Gasteiger partial charge in [-0.1, -0.05) is 5.21 Å². The summed E-state index contributed by atoms with van der Waals surface area (Å²) in [5.74, 6) is -2.26. The Morgan fingerprint density at radius 1 is 1.33 bits per heavy atom. The molecule has 0 spiro atoms. The number of carbonyl (C=O) groups is 1. The average molecular weight is 335 g/mol. The molecule has 1 aromatic carbocycles. The van der Waals surface area contributed by atoms with Gasteiger partial charge in [0.05, 0.1) is 7.11 Å². The van der Waals surface area contributed by atoms with Crippen LogP contribution >= 0.6 is 0 Å². The number of hydrogen-bond donors (Lipinski definition) is 0. The van der Waals surface area contributed by atoms with Crippen molar-refractivity contribution >= 4 is 17.1 Å². The fourth-order valence-corrected chi connectivity index (χ4v) is 2.20. The van der Waals surface area contributed by atoms with Gasteiger partial charge in [0.15, 0.2) is 17.0 Å². The predicted molar refractivity (Wildman–Crippen MR) is 77.6 cm³/mol. The van der Waals surface area contributed by atoms with Crippen molar-refractivity contribution < 1.29 is 18.3 Å². The van der Waals surface area contributed by atoms with Crippen molar-refractivity contribution in [1.29, 1.82) is 0 Å². The number of hydrogen-bond acceptors (Lipinski definition) is 6. The van der Waals surface area contributed by atoms with Gasteiger partial charge in [0.1, 0.15) is 23.9 Å². The Bertz CT molecular complexity index is 998. The molecule has 124 valence electrons. The first-order valence-corrected chi connectivity index (χ1v) is 6.80. The monoisotopic (exact) mass is 335 g/mol. The van der Waals surface area contributed by atoms with Crippen LogP contribution in [0.3, 0.4) is 0 Å². The van der Waals surface area contributed by atoms with Crippen LogP contribution in [0.2, 0.25) is 0 Å². The molecule has 3 aromatic rings. The lowest BCUT2D eigenvalue weighted by Gasteiger charge is -2.11. The normalized spacial score (nSPS) is 12.3. The third-order valence-corrected chi connectivity index (χ3v) is 3.49. The smallest absolute Gasteiger partial charge is 0.328 e. The highest BCUT2D eigenvalue weighted by atomic mass is 19.1. The average Bonchev–Trinajstić information content (AvgIpc) is 2.98. The summed E-state index contributed by atoms with van der Waals surface area (Å²) < 4.78 is 33.5. The SMILES string of the molecule is COC(=O)[C@H](C)n1cnc2c(nnn2-c2ccc(F)cc2F)c1=O. The van der Waals surface area contributed by atoms with Crippen LogP contribution in [-0.4, -0.2) is 37.6 Å². The number of halogens is 2. The molecule has 0 fully saturated rings. The summed E-state index contributed by atoms with van der Waals surface area (Å²) in [7, 11) is 1.20. The summed E-state index contributed by atoms with van der Waals surface area (Å²) in [5, 5.41) is 7.39. The number of carbonyl (C=O) groups excluding carboxylic acids is 1. The van der Waals surface area contributed by atoms with Crippen molar-refractivity contribution in [1.82, 2.24) is 24.5 Å². The molecule has 0 saturated heterocycles. The van der Waals surface area contributed by atoms with Crippen molar-refractivity contribution in [3.05, 3.63) is 46.5 Å². The van der Waals surface area contributed by atoms with Gasteiger partial charge in [-0.15, -0.1) is 5.10 Å². The second-order valence-corrected chi connectivity index (χ2v) is 4.93. The van der Waals surface area contributed by atoms with E-state index in [2.05, 4.69) is 20.0 Å². The molecule has 0 aliphatic heterocycles. The zero-order chi connectivity index (χ0) is 17.4. The molecule has 1 atom stereocenters. The Labute approximate surface area is 133 Å². The maximum Gasteiger partial charge on any atom is 0.328 e. The predicted octanol–water partition coefficient (Wildman–Crippen LogP) is 0.989. The molecule has 0 amide bonds. The van der Waals surface area contributed by atoms with E-state index >= 15 is 0 Å². The van der Waals surface area contributed by atoms with Gasteiger partial charge in [-0.25, -0.2) is 18.6 Å². The number of ether oxygens (including phenoxy) is 1. The minimum atomic E-state index is -0.910. The van der Waals surface area contributed by atoms with E-state index in [0.29, 0.717) is 6.07 Å². The Balaban J connectivity index is 2.17.